The number of rotatable bonds is 4. The Morgan fingerprint density at radius 3 is 2.71 bits per heavy atom. The lowest BCUT2D eigenvalue weighted by atomic mass is 9.95. The number of fused-ring (bicyclic) bond motifs is 1. The minimum Gasteiger partial charge on any atom is -0.478 e. The van der Waals surface area contributed by atoms with Crippen LogP contribution in [0.2, 0.25) is 0 Å². The molecule has 0 saturated carbocycles. The van der Waals surface area contributed by atoms with Gasteiger partial charge in [0.1, 0.15) is 11.5 Å². The van der Waals surface area contributed by atoms with Gasteiger partial charge in [-0.1, -0.05) is 0 Å². The fourth-order valence-electron chi connectivity index (χ4n) is 2.49. The number of esters is 1. The standard InChI is InChI=1S/C18H15NO5/c1-11(20)23-16-4-2-3-12-9-14(6-7-15(12)16)24-17-8-5-13(10-19-17)18(21)22/h4-10H,2-3H2,1H3,(H,21,22). The summed E-state index contributed by atoms with van der Waals surface area (Å²) in [5.41, 5.74) is 2.00. The van der Waals surface area contributed by atoms with Crippen LogP contribution in [0.5, 0.6) is 11.6 Å². The molecule has 0 amide bonds. The van der Waals surface area contributed by atoms with E-state index in [0.29, 0.717) is 17.4 Å². The molecule has 1 heterocycles. The number of aromatic nitrogens is 1. The van der Waals surface area contributed by atoms with Crippen molar-refractivity contribution in [2.45, 2.75) is 19.8 Å². The van der Waals surface area contributed by atoms with E-state index in [4.69, 9.17) is 14.6 Å². The normalized spacial score (nSPS) is 12.8. The van der Waals surface area contributed by atoms with E-state index in [1.54, 1.807) is 6.07 Å². The number of nitrogens with zero attached hydrogens (tertiary/aromatic N) is 1. The summed E-state index contributed by atoms with van der Waals surface area (Å²) in [5, 5.41) is 8.86. The summed E-state index contributed by atoms with van der Waals surface area (Å²) in [4.78, 5) is 26.0. The van der Waals surface area contributed by atoms with Crippen molar-refractivity contribution in [2.75, 3.05) is 0 Å². The van der Waals surface area contributed by atoms with Gasteiger partial charge in [0.2, 0.25) is 5.88 Å². The molecule has 0 spiro atoms. The van der Waals surface area contributed by atoms with Crippen molar-refractivity contribution in [2.24, 2.45) is 0 Å². The molecule has 0 unspecified atom stereocenters. The smallest absolute Gasteiger partial charge is 0.337 e. The summed E-state index contributed by atoms with van der Waals surface area (Å²) in [6.07, 6.45) is 4.75. The topological polar surface area (TPSA) is 85.7 Å². The molecule has 1 aliphatic carbocycles. The van der Waals surface area contributed by atoms with E-state index in [1.807, 2.05) is 18.2 Å². The molecular formula is C18H15NO5. The fraction of sp³-hybridized carbons (Fsp3) is 0.167. The number of aromatic carboxylic acids is 1. The Balaban J connectivity index is 1.80. The van der Waals surface area contributed by atoms with E-state index >= 15 is 0 Å². The van der Waals surface area contributed by atoms with Gasteiger partial charge in [-0.2, -0.15) is 0 Å². The Bertz CT molecular complexity index is 824. The van der Waals surface area contributed by atoms with Crippen LogP contribution < -0.4 is 4.74 Å². The molecule has 3 rings (SSSR count). The summed E-state index contributed by atoms with van der Waals surface area (Å²) in [5.74, 6) is 0.0870. The highest BCUT2D eigenvalue weighted by Crippen LogP contribution is 2.31. The second-order valence-corrected chi connectivity index (χ2v) is 5.31. The van der Waals surface area contributed by atoms with Gasteiger partial charge in [0.05, 0.1) is 5.56 Å². The van der Waals surface area contributed by atoms with Crippen LogP contribution >= 0.6 is 0 Å². The van der Waals surface area contributed by atoms with Gasteiger partial charge in [0.25, 0.3) is 0 Å². The summed E-state index contributed by atoms with van der Waals surface area (Å²) >= 11 is 0. The largest absolute Gasteiger partial charge is 0.478 e. The number of carbonyl (C=O) groups is 2. The van der Waals surface area contributed by atoms with Crippen LogP contribution in [-0.4, -0.2) is 22.0 Å². The average molecular weight is 325 g/mol. The highest BCUT2D eigenvalue weighted by atomic mass is 16.5. The number of ether oxygens (including phenoxy) is 2. The van der Waals surface area contributed by atoms with E-state index in [9.17, 15) is 9.59 Å². The Morgan fingerprint density at radius 2 is 2.04 bits per heavy atom. The number of carboxylic acid groups (broad SMARTS) is 1. The Morgan fingerprint density at radius 1 is 1.21 bits per heavy atom. The number of benzene rings is 1. The first kappa shape index (κ1) is 15.7. The van der Waals surface area contributed by atoms with Crippen molar-refractivity contribution in [3.05, 3.63) is 59.3 Å². The molecule has 1 N–H and O–H groups in total. The van der Waals surface area contributed by atoms with Crippen molar-refractivity contribution in [1.29, 1.82) is 0 Å². The summed E-state index contributed by atoms with van der Waals surface area (Å²) < 4.78 is 10.9. The molecule has 0 radical (unpaired) electrons. The summed E-state index contributed by atoms with van der Waals surface area (Å²) in [7, 11) is 0. The second-order valence-electron chi connectivity index (χ2n) is 5.31. The van der Waals surface area contributed by atoms with E-state index in [-0.39, 0.29) is 11.5 Å². The van der Waals surface area contributed by atoms with E-state index < -0.39 is 5.97 Å². The Hall–Kier alpha value is -3.15. The molecule has 122 valence electrons. The van der Waals surface area contributed by atoms with Crippen molar-refractivity contribution in [3.63, 3.8) is 0 Å². The van der Waals surface area contributed by atoms with Gasteiger partial charge >= 0.3 is 11.9 Å². The van der Waals surface area contributed by atoms with E-state index in [1.165, 1.54) is 25.3 Å². The molecule has 6 heteroatoms. The number of carbonyl (C=O) groups excluding carboxylic acids is 1. The van der Waals surface area contributed by atoms with Crippen LogP contribution in [0.4, 0.5) is 0 Å². The molecule has 0 atom stereocenters. The zero-order chi connectivity index (χ0) is 17.1. The third-order valence-corrected chi connectivity index (χ3v) is 3.54. The molecule has 24 heavy (non-hydrogen) atoms. The van der Waals surface area contributed by atoms with Crippen LogP contribution in [0.3, 0.4) is 0 Å². The Labute approximate surface area is 138 Å². The lowest BCUT2D eigenvalue weighted by molar-refractivity contribution is -0.134. The fourth-order valence-corrected chi connectivity index (χ4v) is 2.49. The first-order valence-electron chi connectivity index (χ1n) is 7.42. The quantitative estimate of drug-likeness (QED) is 0.867. The zero-order valence-corrected chi connectivity index (χ0v) is 13.0. The number of allylic oxidation sites excluding steroid dienone is 1. The molecule has 1 aromatic carbocycles. The van der Waals surface area contributed by atoms with Crippen LogP contribution in [0.1, 0.15) is 34.8 Å². The predicted octanol–water partition coefficient (Wildman–Crippen LogP) is 3.42. The summed E-state index contributed by atoms with van der Waals surface area (Å²) in [6, 6.07) is 8.41. The van der Waals surface area contributed by atoms with E-state index in [2.05, 4.69) is 4.98 Å². The molecule has 6 nitrogen and oxygen atoms in total. The first-order valence-corrected chi connectivity index (χ1v) is 7.42. The maximum atomic E-state index is 11.2. The maximum absolute atomic E-state index is 11.2. The zero-order valence-electron chi connectivity index (χ0n) is 13.0. The van der Waals surface area contributed by atoms with Crippen LogP contribution in [0.15, 0.2) is 42.6 Å². The predicted molar refractivity (Wildman–Crippen MR) is 85.8 cm³/mol. The van der Waals surface area contributed by atoms with Crippen LogP contribution in [0, 0.1) is 0 Å². The van der Waals surface area contributed by atoms with Crippen molar-refractivity contribution < 1.29 is 24.2 Å². The van der Waals surface area contributed by atoms with Crippen molar-refractivity contribution >= 4 is 17.7 Å². The van der Waals surface area contributed by atoms with Gasteiger partial charge in [0.15, 0.2) is 0 Å². The Kier molecular flexibility index (Phi) is 4.29. The number of pyridine rings is 1. The van der Waals surface area contributed by atoms with Gasteiger partial charge in [-0.15, -0.1) is 0 Å². The molecule has 0 saturated heterocycles. The molecule has 1 aliphatic rings. The van der Waals surface area contributed by atoms with Gasteiger partial charge in [-0.05, 0) is 48.7 Å². The van der Waals surface area contributed by atoms with E-state index in [0.717, 1.165) is 24.0 Å². The number of hydrogen-bond donors (Lipinski definition) is 1. The van der Waals surface area contributed by atoms with Crippen LogP contribution in [-0.2, 0) is 16.0 Å². The maximum Gasteiger partial charge on any atom is 0.337 e. The van der Waals surface area contributed by atoms with Gasteiger partial charge < -0.3 is 14.6 Å². The molecule has 0 aliphatic heterocycles. The highest BCUT2D eigenvalue weighted by molar-refractivity contribution is 5.87. The molecule has 2 aromatic rings. The monoisotopic (exact) mass is 325 g/mol. The molecule has 0 bridgehead atoms. The van der Waals surface area contributed by atoms with Crippen LogP contribution in [0.25, 0.3) is 5.76 Å². The molecular weight excluding hydrogens is 310 g/mol. The average Bonchev–Trinajstić information content (AvgIpc) is 2.55. The molecule has 1 aromatic heterocycles. The number of carboxylic acids is 1. The third-order valence-electron chi connectivity index (χ3n) is 3.54. The first-order chi connectivity index (χ1) is 11.5. The molecule has 0 fully saturated rings. The third kappa shape index (κ3) is 3.43. The number of aryl methyl sites for hydroxylation is 1. The highest BCUT2D eigenvalue weighted by Gasteiger charge is 2.16. The lowest BCUT2D eigenvalue weighted by Crippen LogP contribution is -2.06. The number of hydrogen-bond acceptors (Lipinski definition) is 5. The van der Waals surface area contributed by atoms with Crippen molar-refractivity contribution in [1.82, 2.24) is 4.98 Å². The summed E-state index contributed by atoms with van der Waals surface area (Å²) in [6.45, 7) is 1.37. The van der Waals surface area contributed by atoms with Gasteiger partial charge in [-0.25, -0.2) is 9.78 Å². The minimum atomic E-state index is -1.03. The second kappa shape index (κ2) is 6.54. The van der Waals surface area contributed by atoms with Crippen molar-refractivity contribution in [3.8, 4) is 11.6 Å². The SMILES string of the molecule is CC(=O)OC1=CCCc2cc(Oc3ccc(C(=O)O)cn3)ccc21. The van der Waals surface area contributed by atoms with Gasteiger partial charge in [-0.3, -0.25) is 4.79 Å². The lowest BCUT2D eigenvalue weighted by Gasteiger charge is -2.18. The van der Waals surface area contributed by atoms with Gasteiger partial charge in [0, 0.05) is 24.8 Å². The minimum absolute atomic E-state index is 0.101.